The molecule has 1 saturated heterocycles. The number of aromatic nitrogens is 2. The smallest absolute Gasteiger partial charge is 0.162 e. The first-order valence-electron chi connectivity index (χ1n) is 8.09. The third-order valence-electron chi connectivity index (χ3n) is 4.32. The summed E-state index contributed by atoms with van der Waals surface area (Å²) < 4.78 is 1.05. The van der Waals surface area contributed by atoms with E-state index in [0.717, 1.165) is 45.7 Å². The number of piperidine rings is 1. The molecular weight excluding hydrogens is 350 g/mol. The van der Waals surface area contributed by atoms with Crippen LogP contribution in [0.4, 0.5) is 5.82 Å². The Balaban J connectivity index is 1.89. The molecule has 4 heteroatoms. The van der Waals surface area contributed by atoms with Crippen LogP contribution in [0.1, 0.15) is 19.3 Å². The molecule has 0 N–H and O–H groups in total. The van der Waals surface area contributed by atoms with E-state index in [1.807, 2.05) is 18.2 Å². The van der Waals surface area contributed by atoms with E-state index in [2.05, 4.69) is 51.2 Å². The average Bonchev–Trinajstić information content (AvgIpc) is 2.61. The van der Waals surface area contributed by atoms with Crippen molar-refractivity contribution >= 4 is 32.7 Å². The summed E-state index contributed by atoms with van der Waals surface area (Å²) in [6, 6.07) is 16.5. The van der Waals surface area contributed by atoms with E-state index >= 15 is 0 Å². The molecule has 116 valence electrons. The molecule has 23 heavy (non-hydrogen) atoms. The maximum absolute atomic E-state index is 4.93. The van der Waals surface area contributed by atoms with Gasteiger partial charge in [0.15, 0.2) is 5.82 Å². The van der Waals surface area contributed by atoms with Crippen LogP contribution in [0.5, 0.6) is 0 Å². The second-order valence-electron chi connectivity index (χ2n) is 5.95. The summed E-state index contributed by atoms with van der Waals surface area (Å²) >= 11 is 3.54. The molecule has 4 rings (SSSR count). The zero-order chi connectivity index (χ0) is 15.6. The van der Waals surface area contributed by atoms with Gasteiger partial charge < -0.3 is 4.90 Å². The maximum Gasteiger partial charge on any atom is 0.162 e. The Bertz CT molecular complexity index is 841. The summed E-state index contributed by atoms with van der Waals surface area (Å²) in [5.74, 6) is 1.87. The summed E-state index contributed by atoms with van der Waals surface area (Å²) in [5, 5.41) is 1.15. The van der Waals surface area contributed by atoms with Crippen molar-refractivity contribution in [2.45, 2.75) is 19.3 Å². The molecule has 0 bridgehead atoms. The van der Waals surface area contributed by atoms with E-state index in [9.17, 15) is 0 Å². The Morgan fingerprint density at radius 1 is 0.870 bits per heavy atom. The van der Waals surface area contributed by atoms with Gasteiger partial charge in [0.25, 0.3) is 0 Å². The summed E-state index contributed by atoms with van der Waals surface area (Å²) in [7, 11) is 0. The Labute approximate surface area is 144 Å². The summed E-state index contributed by atoms with van der Waals surface area (Å²) in [4.78, 5) is 12.1. The minimum Gasteiger partial charge on any atom is -0.356 e. The first-order chi connectivity index (χ1) is 11.3. The lowest BCUT2D eigenvalue weighted by Crippen LogP contribution is -2.30. The Morgan fingerprint density at radius 2 is 1.70 bits per heavy atom. The van der Waals surface area contributed by atoms with Gasteiger partial charge in [-0.1, -0.05) is 40.2 Å². The number of fused-ring (bicyclic) bond motifs is 1. The van der Waals surface area contributed by atoms with E-state index in [1.165, 1.54) is 19.3 Å². The van der Waals surface area contributed by atoms with Crippen LogP contribution in [0.3, 0.4) is 0 Å². The van der Waals surface area contributed by atoms with Crippen LogP contribution in [0.2, 0.25) is 0 Å². The van der Waals surface area contributed by atoms with Crippen LogP contribution in [-0.4, -0.2) is 23.1 Å². The fourth-order valence-electron chi connectivity index (χ4n) is 3.16. The van der Waals surface area contributed by atoms with Crippen molar-refractivity contribution in [1.29, 1.82) is 0 Å². The normalized spacial score (nSPS) is 15.1. The predicted molar refractivity (Wildman–Crippen MR) is 98.7 cm³/mol. The second-order valence-corrected chi connectivity index (χ2v) is 6.86. The third kappa shape index (κ3) is 2.95. The van der Waals surface area contributed by atoms with Crippen LogP contribution in [0.15, 0.2) is 53.0 Å². The molecule has 1 aliphatic rings. The van der Waals surface area contributed by atoms with Gasteiger partial charge in [0.1, 0.15) is 5.82 Å². The lowest BCUT2D eigenvalue weighted by Gasteiger charge is -2.29. The number of anilines is 1. The Morgan fingerprint density at radius 3 is 2.52 bits per heavy atom. The fourth-order valence-corrected chi connectivity index (χ4v) is 3.56. The standard InChI is InChI=1S/C19H18BrN3/c20-15-8-6-7-14(13-15)18-21-17-10-3-2-9-16(17)19(22-18)23-11-4-1-5-12-23/h2-3,6-10,13H,1,4-5,11-12H2. The molecule has 2 aromatic carbocycles. The van der Waals surface area contributed by atoms with Crippen molar-refractivity contribution in [3.63, 3.8) is 0 Å². The van der Waals surface area contributed by atoms with Gasteiger partial charge in [-0.3, -0.25) is 0 Å². The van der Waals surface area contributed by atoms with Crippen molar-refractivity contribution in [3.05, 3.63) is 53.0 Å². The molecule has 0 unspecified atom stereocenters. The fraction of sp³-hybridized carbons (Fsp3) is 0.263. The molecule has 2 heterocycles. The van der Waals surface area contributed by atoms with Crippen molar-refractivity contribution in [2.75, 3.05) is 18.0 Å². The van der Waals surface area contributed by atoms with Gasteiger partial charge in [-0.25, -0.2) is 9.97 Å². The SMILES string of the molecule is Brc1cccc(-c2nc(N3CCCCC3)c3ccccc3n2)c1. The van der Waals surface area contributed by atoms with E-state index in [4.69, 9.17) is 9.97 Å². The number of para-hydroxylation sites is 1. The molecule has 1 aliphatic heterocycles. The molecule has 0 aliphatic carbocycles. The van der Waals surface area contributed by atoms with E-state index in [0.29, 0.717) is 0 Å². The lowest BCUT2D eigenvalue weighted by molar-refractivity contribution is 0.575. The van der Waals surface area contributed by atoms with Gasteiger partial charge in [0.2, 0.25) is 0 Å². The van der Waals surface area contributed by atoms with Gasteiger partial charge in [-0.05, 0) is 43.5 Å². The lowest BCUT2D eigenvalue weighted by atomic mass is 10.1. The molecule has 1 aromatic heterocycles. The molecule has 3 nitrogen and oxygen atoms in total. The van der Waals surface area contributed by atoms with Crippen molar-refractivity contribution in [2.24, 2.45) is 0 Å². The maximum atomic E-state index is 4.93. The highest BCUT2D eigenvalue weighted by atomic mass is 79.9. The van der Waals surface area contributed by atoms with E-state index in [-0.39, 0.29) is 0 Å². The molecule has 1 fully saturated rings. The average molecular weight is 368 g/mol. The highest BCUT2D eigenvalue weighted by Gasteiger charge is 2.17. The highest BCUT2D eigenvalue weighted by Crippen LogP contribution is 2.30. The van der Waals surface area contributed by atoms with Crippen molar-refractivity contribution < 1.29 is 0 Å². The van der Waals surface area contributed by atoms with Crippen LogP contribution < -0.4 is 4.90 Å². The quantitative estimate of drug-likeness (QED) is 0.634. The molecule has 0 atom stereocenters. The zero-order valence-corrected chi connectivity index (χ0v) is 14.5. The minimum absolute atomic E-state index is 0.797. The van der Waals surface area contributed by atoms with E-state index in [1.54, 1.807) is 0 Å². The molecule has 0 spiro atoms. The number of rotatable bonds is 2. The largest absolute Gasteiger partial charge is 0.356 e. The van der Waals surface area contributed by atoms with Gasteiger partial charge in [0, 0.05) is 28.5 Å². The first kappa shape index (κ1) is 14.6. The number of hydrogen-bond acceptors (Lipinski definition) is 3. The van der Waals surface area contributed by atoms with Crippen LogP contribution >= 0.6 is 15.9 Å². The first-order valence-corrected chi connectivity index (χ1v) is 8.88. The van der Waals surface area contributed by atoms with Gasteiger partial charge in [-0.15, -0.1) is 0 Å². The van der Waals surface area contributed by atoms with Crippen molar-refractivity contribution in [3.8, 4) is 11.4 Å². The van der Waals surface area contributed by atoms with Crippen molar-refractivity contribution in [1.82, 2.24) is 9.97 Å². The molecule has 0 radical (unpaired) electrons. The number of halogens is 1. The monoisotopic (exact) mass is 367 g/mol. The minimum atomic E-state index is 0.797. The Hall–Kier alpha value is -1.94. The number of nitrogens with zero attached hydrogens (tertiary/aromatic N) is 3. The van der Waals surface area contributed by atoms with E-state index < -0.39 is 0 Å². The molecular formula is C19H18BrN3. The van der Waals surface area contributed by atoms with Gasteiger partial charge in [0.05, 0.1) is 5.52 Å². The second kappa shape index (κ2) is 6.28. The predicted octanol–water partition coefficient (Wildman–Crippen LogP) is 5.05. The molecule has 0 amide bonds. The molecule has 0 saturated carbocycles. The summed E-state index contributed by atoms with van der Waals surface area (Å²) in [5.41, 5.74) is 2.06. The Kier molecular flexibility index (Phi) is 4.00. The third-order valence-corrected chi connectivity index (χ3v) is 4.81. The highest BCUT2D eigenvalue weighted by molar-refractivity contribution is 9.10. The van der Waals surface area contributed by atoms with Crippen LogP contribution in [-0.2, 0) is 0 Å². The molecule has 3 aromatic rings. The summed E-state index contributed by atoms with van der Waals surface area (Å²) in [6.45, 7) is 2.16. The number of benzene rings is 2. The number of hydrogen-bond donors (Lipinski definition) is 0. The van der Waals surface area contributed by atoms with Gasteiger partial charge >= 0.3 is 0 Å². The van der Waals surface area contributed by atoms with Crippen LogP contribution in [0, 0.1) is 0 Å². The topological polar surface area (TPSA) is 29.0 Å². The van der Waals surface area contributed by atoms with Gasteiger partial charge in [-0.2, -0.15) is 0 Å². The summed E-state index contributed by atoms with van der Waals surface area (Å²) in [6.07, 6.45) is 3.80. The zero-order valence-electron chi connectivity index (χ0n) is 12.9. The van der Waals surface area contributed by atoms with Crippen LogP contribution in [0.25, 0.3) is 22.3 Å².